The number of pyridine rings is 1. The maximum atomic E-state index is 4.33. The zero-order valence-corrected chi connectivity index (χ0v) is 8.07. The molecule has 0 aliphatic rings. The molecule has 0 unspecified atom stereocenters. The van der Waals surface area contributed by atoms with Crippen molar-refractivity contribution in [1.82, 2.24) is 9.38 Å². The van der Waals surface area contributed by atoms with Gasteiger partial charge in [-0.1, -0.05) is 19.9 Å². The molecule has 0 aromatic carbocycles. The van der Waals surface area contributed by atoms with Crippen LogP contribution in [0.3, 0.4) is 0 Å². The lowest BCUT2D eigenvalue weighted by molar-refractivity contribution is 0.648. The van der Waals surface area contributed by atoms with E-state index >= 15 is 0 Å². The number of nitrogens with zero attached hydrogens (tertiary/aromatic N) is 2. The third-order valence-corrected chi connectivity index (χ3v) is 2.13. The highest BCUT2D eigenvalue weighted by Crippen LogP contribution is 2.13. The summed E-state index contributed by atoms with van der Waals surface area (Å²) in [5.41, 5.74) is 2.43. The normalized spacial score (nSPS) is 11.3. The lowest BCUT2D eigenvalue weighted by atomic mass is 10.0. The molecule has 0 spiro atoms. The average molecular weight is 174 g/mol. The first kappa shape index (κ1) is 8.30. The summed E-state index contributed by atoms with van der Waals surface area (Å²) in [6, 6.07) is 4.23. The van der Waals surface area contributed by atoms with Gasteiger partial charge in [0.25, 0.3) is 0 Å². The summed E-state index contributed by atoms with van der Waals surface area (Å²) in [5, 5.41) is 0. The Hall–Kier alpha value is -1.31. The summed E-state index contributed by atoms with van der Waals surface area (Å²) in [6.45, 7) is 4.46. The average Bonchev–Trinajstić information content (AvgIpc) is 2.51. The van der Waals surface area contributed by atoms with Crippen LogP contribution in [0.2, 0.25) is 0 Å². The number of imidazole rings is 1. The number of hydrogen-bond donors (Lipinski definition) is 0. The molecule has 0 bridgehead atoms. The van der Waals surface area contributed by atoms with E-state index < -0.39 is 0 Å². The largest absolute Gasteiger partial charge is 0.307 e. The third kappa shape index (κ3) is 1.57. The molecule has 2 heterocycles. The first-order valence-electron chi connectivity index (χ1n) is 4.68. The van der Waals surface area contributed by atoms with E-state index in [-0.39, 0.29) is 0 Å². The molecule has 0 fully saturated rings. The minimum Gasteiger partial charge on any atom is -0.307 e. The van der Waals surface area contributed by atoms with Crippen molar-refractivity contribution in [3.63, 3.8) is 0 Å². The molecule has 0 aliphatic carbocycles. The molecule has 2 rings (SSSR count). The zero-order valence-electron chi connectivity index (χ0n) is 8.07. The third-order valence-electron chi connectivity index (χ3n) is 2.13. The van der Waals surface area contributed by atoms with Crippen molar-refractivity contribution in [2.24, 2.45) is 5.92 Å². The van der Waals surface area contributed by atoms with Crippen LogP contribution in [0.25, 0.3) is 5.65 Å². The van der Waals surface area contributed by atoms with Crippen molar-refractivity contribution in [1.29, 1.82) is 0 Å². The molecule has 68 valence electrons. The van der Waals surface area contributed by atoms with Crippen molar-refractivity contribution in [3.05, 3.63) is 36.3 Å². The van der Waals surface area contributed by atoms with E-state index in [1.54, 1.807) is 0 Å². The predicted molar refractivity (Wildman–Crippen MR) is 53.7 cm³/mol. The van der Waals surface area contributed by atoms with Gasteiger partial charge in [-0.25, -0.2) is 4.98 Å². The van der Waals surface area contributed by atoms with E-state index in [1.807, 2.05) is 18.6 Å². The fourth-order valence-corrected chi connectivity index (χ4v) is 1.61. The number of rotatable bonds is 2. The Morgan fingerprint density at radius 2 is 2.23 bits per heavy atom. The van der Waals surface area contributed by atoms with Gasteiger partial charge in [0.15, 0.2) is 0 Å². The molecule has 0 radical (unpaired) electrons. The molecule has 0 saturated heterocycles. The SMILES string of the molecule is CC(C)Cc1cccn2ccnc12. The van der Waals surface area contributed by atoms with Gasteiger partial charge in [0.2, 0.25) is 0 Å². The van der Waals surface area contributed by atoms with Crippen molar-refractivity contribution in [2.75, 3.05) is 0 Å². The quantitative estimate of drug-likeness (QED) is 0.684. The van der Waals surface area contributed by atoms with Crippen LogP contribution in [0.15, 0.2) is 30.7 Å². The van der Waals surface area contributed by atoms with Gasteiger partial charge in [-0.2, -0.15) is 0 Å². The molecule has 13 heavy (non-hydrogen) atoms. The second kappa shape index (κ2) is 3.21. The van der Waals surface area contributed by atoms with Crippen LogP contribution < -0.4 is 0 Å². The molecule has 0 aliphatic heterocycles. The van der Waals surface area contributed by atoms with Gasteiger partial charge < -0.3 is 4.40 Å². The van der Waals surface area contributed by atoms with Gasteiger partial charge in [0.05, 0.1) is 0 Å². The Morgan fingerprint density at radius 1 is 1.38 bits per heavy atom. The molecule has 0 atom stereocenters. The Balaban J connectivity index is 2.48. The fourth-order valence-electron chi connectivity index (χ4n) is 1.61. The molecule has 2 heteroatoms. The summed E-state index contributed by atoms with van der Waals surface area (Å²) < 4.78 is 2.07. The minimum absolute atomic E-state index is 0.683. The minimum atomic E-state index is 0.683. The van der Waals surface area contributed by atoms with Crippen molar-refractivity contribution < 1.29 is 0 Å². The topological polar surface area (TPSA) is 17.3 Å². The highest BCUT2D eigenvalue weighted by molar-refractivity contribution is 5.47. The van der Waals surface area contributed by atoms with Crippen LogP contribution in [0.1, 0.15) is 19.4 Å². The van der Waals surface area contributed by atoms with Crippen LogP contribution >= 0.6 is 0 Å². The van der Waals surface area contributed by atoms with E-state index in [2.05, 4.69) is 35.4 Å². The van der Waals surface area contributed by atoms with Crippen molar-refractivity contribution in [2.45, 2.75) is 20.3 Å². The highest BCUT2D eigenvalue weighted by atomic mass is 15.0. The number of fused-ring (bicyclic) bond motifs is 1. The van der Waals surface area contributed by atoms with Crippen LogP contribution in [-0.4, -0.2) is 9.38 Å². The van der Waals surface area contributed by atoms with E-state index in [0.717, 1.165) is 12.1 Å². The Morgan fingerprint density at radius 3 is 3.00 bits per heavy atom. The molecule has 0 saturated carbocycles. The highest BCUT2D eigenvalue weighted by Gasteiger charge is 2.03. The van der Waals surface area contributed by atoms with Gasteiger partial charge in [0.1, 0.15) is 5.65 Å². The Kier molecular flexibility index (Phi) is 2.05. The summed E-state index contributed by atoms with van der Waals surface area (Å²) in [6.07, 6.45) is 6.96. The zero-order chi connectivity index (χ0) is 9.26. The molecular weight excluding hydrogens is 160 g/mol. The summed E-state index contributed by atoms with van der Waals surface area (Å²) in [7, 11) is 0. The molecule has 0 amide bonds. The Labute approximate surface area is 78.2 Å². The molecular formula is C11H14N2. The lowest BCUT2D eigenvalue weighted by Crippen LogP contribution is -1.97. The van der Waals surface area contributed by atoms with Crippen LogP contribution in [0.4, 0.5) is 0 Å². The Bertz CT molecular complexity index is 401. The van der Waals surface area contributed by atoms with E-state index in [0.29, 0.717) is 5.92 Å². The van der Waals surface area contributed by atoms with Crippen LogP contribution in [0.5, 0.6) is 0 Å². The first-order valence-corrected chi connectivity index (χ1v) is 4.68. The fraction of sp³-hybridized carbons (Fsp3) is 0.364. The maximum Gasteiger partial charge on any atom is 0.139 e. The van der Waals surface area contributed by atoms with Gasteiger partial charge >= 0.3 is 0 Å². The van der Waals surface area contributed by atoms with Gasteiger partial charge in [0, 0.05) is 18.6 Å². The lowest BCUT2D eigenvalue weighted by Gasteiger charge is -2.05. The monoisotopic (exact) mass is 174 g/mol. The maximum absolute atomic E-state index is 4.33. The molecule has 2 aromatic rings. The van der Waals surface area contributed by atoms with Gasteiger partial charge in [-0.05, 0) is 24.0 Å². The van der Waals surface area contributed by atoms with Gasteiger partial charge in [-0.3, -0.25) is 0 Å². The molecule has 0 N–H and O–H groups in total. The van der Waals surface area contributed by atoms with Crippen LogP contribution in [0, 0.1) is 5.92 Å². The van der Waals surface area contributed by atoms with Crippen LogP contribution in [-0.2, 0) is 6.42 Å². The second-order valence-electron chi connectivity index (χ2n) is 3.79. The van der Waals surface area contributed by atoms with E-state index in [4.69, 9.17) is 0 Å². The first-order chi connectivity index (χ1) is 6.27. The number of hydrogen-bond acceptors (Lipinski definition) is 1. The van der Waals surface area contributed by atoms with E-state index in [1.165, 1.54) is 5.56 Å². The second-order valence-corrected chi connectivity index (χ2v) is 3.79. The summed E-state index contributed by atoms with van der Waals surface area (Å²) in [4.78, 5) is 4.33. The molecule has 2 nitrogen and oxygen atoms in total. The summed E-state index contributed by atoms with van der Waals surface area (Å²) in [5.74, 6) is 0.683. The molecule has 2 aromatic heterocycles. The standard InChI is InChI=1S/C11H14N2/c1-9(2)8-10-4-3-6-13-7-5-12-11(10)13/h3-7,9H,8H2,1-2H3. The predicted octanol–water partition coefficient (Wildman–Crippen LogP) is 2.53. The number of aromatic nitrogens is 2. The smallest absolute Gasteiger partial charge is 0.139 e. The van der Waals surface area contributed by atoms with Gasteiger partial charge in [-0.15, -0.1) is 0 Å². The van der Waals surface area contributed by atoms with E-state index in [9.17, 15) is 0 Å². The van der Waals surface area contributed by atoms with Crippen molar-refractivity contribution >= 4 is 5.65 Å². The van der Waals surface area contributed by atoms with Crippen molar-refractivity contribution in [3.8, 4) is 0 Å². The summed E-state index contributed by atoms with van der Waals surface area (Å²) >= 11 is 0.